The quantitative estimate of drug-likeness (QED) is 0.693. The van der Waals surface area contributed by atoms with E-state index in [-0.39, 0.29) is 11.3 Å². The smallest absolute Gasteiger partial charge is 0.247 e. The van der Waals surface area contributed by atoms with Crippen LogP contribution in [-0.4, -0.2) is 14.8 Å². The number of nitrogen functional groups attached to an aromatic ring is 1. The van der Waals surface area contributed by atoms with E-state index < -0.39 is 0 Å². The van der Waals surface area contributed by atoms with Gasteiger partial charge in [0.2, 0.25) is 5.95 Å². The van der Waals surface area contributed by atoms with Gasteiger partial charge in [0, 0.05) is 10.7 Å². The zero-order chi connectivity index (χ0) is 15.5. The molecule has 0 aliphatic heterocycles. The summed E-state index contributed by atoms with van der Waals surface area (Å²) in [6, 6.07) is 16.5. The predicted molar refractivity (Wildman–Crippen MR) is 86.4 cm³/mol. The van der Waals surface area contributed by atoms with Crippen molar-refractivity contribution < 1.29 is 0 Å². The first-order valence-corrected chi connectivity index (χ1v) is 6.91. The van der Waals surface area contributed by atoms with Crippen molar-refractivity contribution in [2.75, 3.05) is 11.1 Å². The normalized spacial score (nSPS) is 10.4. The predicted octanol–water partition coefficient (Wildman–Crippen LogP) is 2.73. The molecule has 110 valence electrons. The van der Waals surface area contributed by atoms with Gasteiger partial charge in [-0.05, 0) is 30.3 Å². The molecule has 4 N–H and O–H groups in total. The molecule has 0 saturated carbocycles. The van der Waals surface area contributed by atoms with E-state index in [1.165, 1.54) is 4.68 Å². The Morgan fingerprint density at radius 2 is 1.86 bits per heavy atom. The Morgan fingerprint density at radius 3 is 2.59 bits per heavy atom. The number of benzene rings is 2. The number of nitrogens with one attached hydrogen (secondary N) is 2. The molecule has 0 spiro atoms. The number of rotatable bonds is 3. The van der Waals surface area contributed by atoms with Gasteiger partial charge in [-0.2, -0.15) is 4.98 Å². The van der Waals surface area contributed by atoms with Gasteiger partial charge in [0.25, 0.3) is 0 Å². The fourth-order valence-electron chi connectivity index (χ4n) is 1.95. The maximum Gasteiger partial charge on any atom is 0.247 e. The number of nitrogens with zero attached hydrogens (tertiary/aromatic N) is 3. The first-order chi connectivity index (χ1) is 10.6. The van der Waals surface area contributed by atoms with Crippen LogP contribution in [0.5, 0.6) is 0 Å². The Bertz CT molecular complexity index is 859. The molecule has 0 atom stereocenters. The van der Waals surface area contributed by atoms with Crippen molar-refractivity contribution >= 4 is 29.1 Å². The third-order valence-corrected chi connectivity index (χ3v) is 3.19. The lowest BCUT2D eigenvalue weighted by atomic mass is 10.3. The summed E-state index contributed by atoms with van der Waals surface area (Å²) >= 11 is 5.95. The molecule has 0 aliphatic carbocycles. The molecule has 0 unspecified atom stereocenters. The maximum absolute atomic E-state index is 8.01. The zero-order valence-electron chi connectivity index (χ0n) is 11.5. The molecule has 2 aromatic carbocycles. The summed E-state index contributed by atoms with van der Waals surface area (Å²) in [7, 11) is 0. The molecule has 7 heteroatoms. The Hall–Kier alpha value is -2.86. The van der Waals surface area contributed by atoms with E-state index in [4.69, 9.17) is 22.7 Å². The van der Waals surface area contributed by atoms with Crippen LogP contribution in [0.1, 0.15) is 0 Å². The van der Waals surface area contributed by atoms with Crippen LogP contribution in [0.4, 0.5) is 17.5 Å². The maximum atomic E-state index is 8.01. The largest absolute Gasteiger partial charge is 0.380 e. The number of hydrogen-bond acceptors (Lipinski definition) is 5. The van der Waals surface area contributed by atoms with Crippen molar-refractivity contribution in [3.63, 3.8) is 0 Å². The summed E-state index contributed by atoms with van der Waals surface area (Å²) in [5, 5.41) is 16.0. The summed E-state index contributed by atoms with van der Waals surface area (Å²) in [5.41, 5.74) is 7.32. The van der Waals surface area contributed by atoms with Crippen molar-refractivity contribution in [3.8, 4) is 5.69 Å². The van der Waals surface area contributed by atoms with Gasteiger partial charge in [0.1, 0.15) is 0 Å². The molecule has 1 heterocycles. The topological polar surface area (TPSA) is 92.6 Å². The van der Waals surface area contributed by atoms with Gasteiger partial charge in [-0.3, -0.25) is 5.41 Å². The van der Waals surface area contributed by atoms with Crippen LogP contribution >= 0.6 is 11.6 Å². The molecule has 3 rings (SSSR count). The fraction of sp³-hybridized carbons (Fsp3) is 0. The number of anilines is 3. The molecule has 0 amide bonds. The lowest BCUT2D eigenvalue weighted by Gasteiger charge is -2.10. The lowest BCUT2D eigenvalue weighted by Crippen LogP contribution is -2.26. The highest BCUT2D eigenvalue weighted by Gasteiger charge is 2.07. The highest BCUT2D eigenvalue weighted by atomic mass is 35.5. The Balaban J connectivity index is 2.03. The number of nitrogens with two attached hydrogens (primary N) is 1. The third-order valence-electron chi connectivity index (χ3n) is 2.96. The monoisotopic (exact) mass is 312 g/mol. The van der Waals surface area contributed by atoms with E-state index in [1.54, 1.807) is 12.1 Å². The SMILES string of the molecule is N=c1c(N)nc(Nc2cccc(Cl)c2)nn1-c1ccccc1. The molecule has 0 saturated heterocycles. The van der Waals surface area contributed by atoms with Crippen molar-refractivity contribution in [1.82, 2.24) is 14.8 Å². The molecule has 3 aromatic rings. The molecule has 0 radical (unpaired) electrons. The fourth-order valence-corrected chi connectivity index (χ4v) is 2.14. The zero-order valence-corrected chi connectivity index (χ0v) is 12.2. The third kappa shape index (κ3) is 2.91. The summed E-state index contributed by atoms with van der Waals surface area (Å²) < 4.78 is 1.43. The molecule has 6 nitrogen and oxygen atoms in total. The summed E-state index contributed by atoms with van der Waals surface area (Å²) in [6.07, 6.45) is 0. The van der Waals surface area contributed by atoms with Crippen molar-refractivity contribution in [2.45, 2.75) is 0 Å². The van der Waals surface area contributed by atoms with Crippen LogP contribution in [0, 0.1) is 5.41 Å². The van der Waals surface area contributed by atoms with E-state index in [0.29, 0.717) is 11.0 Å². The molecular weight excluding hydrogens is 300 g/mol. The second-order valence-electron chi connectivity index (χ2n) is 4.55. The van der Waals surface area contributed by atoms with Crippen LogP contribution in [0.25, 0.3) is 5.69 Å². The number of halogens is 1. The minimum absolute atomic E-state index is 0.0304. The van der Waals surface area contributed by atoms with Crippen LogP contribution < -0.4 is 16.5 Å². The number of aromatic nitrogens is 3. The Morgan fingerprint density at radius 1 is 1.09 bits per heavy atom. The van der Waals surface area contributed by atoms with Crippen molar-refractivity contribution in [2.24, 2.45) is 0 Å². The second-order valence-corrected chi connectivity index (χ2v) is 4.99. The van der Waals surface area contributed by atoms with Crippen molar-refractivity contribution in [1.29, 1.82) is 5.41 Å². The highest BCUT2D eigenvalue weighted by molar-refractivity contribution is 6.30. The van der Waals surface area contributed by atoms with Gasteiger partial charge in [0.15, 0.2) is 11.3 Å². The molecule has 1 aromatic heterocycles. The highest BCUT2D eigenvalue weighted by Crippen LogP contribution is 2.18. The van der Waals surface area contributed by atoms with Crippen molar-refractivity contribution in [3.05, 3.63) is 65.1 Å². The Labute approximate surface area is 131 Å². The molecular formula is C15H13ClN6. The van der Waals surface area contributed by atoms with E-state index >= 15 is 0 Å². The average Bonchev–Trinajstić information content (AvgIpc) is 2.51. The molecule has 0 bridgehead atoms. The summed E-state index contributed by atoms with van der Waals surface area (Å²) in [4.78, 5) is 4.09. The first-order valence-electron chi connectivity index (χ1n) is 6.53. The average molecular weight is 313 g/mol. The molecule has 0 fully saturated rings. The lowest BCUT2D eigenvalue weighted by molar-refractivity contribution is 0.761. The van der Waals surface area contributed by atoms with Gasteiger partial charge in [-0.25, -0.2) is 4.68 Å². The summed E-state index contributed by atoms with van der Waals surface area (Å²) in [5.74, 6) is 0.378. The van der Waals surface area contributed by atoms with Crippen LogP contribution in [0.3, 0.4) is 0 Å². The standard InChI is InChI=1S/C15H13ClN6/c16-10-5-4-6-11(9-10)19-15-20-13(17)14(18)22(21-15)12-7-2-1-3-8-12/h1-9,18H,(H3,17,19,20,21). The second kappa shape index (κ2) is 5.87. The van der Waals surface area contributed by atoms with Gasteiger partial charge in [-0.1, -0.05) is 35.9 Å². The molecule has 22 heavy (non-hydrogen) atoms. The minimum Gasteiger partial charge on any atom is -0.380 e. The van der Waals surface area contributed by atoms with Gasteiger partial charge in [-0.15, -0.1) is 5.10 Å². The number of hydrogen-bond donors (Lipinski definition) is 3. The molecule has 0 aliphatic rings. The van der Waals surface area contributed by atoms with E-state index in [2.05, 4.69) is 15.4 Å². The van der Waals surface area contributed by atoms with Crippen LogP contribution in [-0.2, 0) is 0 Å². The first kappa shape index (κ1) is 14.1. The van der Waals surface area contributed by atoms with Gasteiger partial charge in [0.05, 0.1) is 5.69 Å². The van der Waals surface area contributed by atoms with Gasteiger partial charge < -0.3 is 11.1 Å². The Kier molecular flexibility index (Phi) is 3.76. The van der Waals surface area contributed by atoms with E-state index in [1.807, 2.05) is 42.5 Å². The van der Waals surface area contributed by atoms with Gasteiger partial charge >= 0.3 is 0 Å². The van der Waals surface area contributed by atoms with Crippen LogP contribution in [0.2, 0.25) is 5.02 Å². The van der Waals surface area contributed by atoms with Crippen LogP contribution in [0.15, 0.2) is 54.6 Å². The summed E-state index contributed by atoms with van der Waals surface area (Å²) in [6.45, 7) is 0. The number of para-hydroxylation sites is 1. The van der Waals surface area contributed by atoms with E-state index in [9.17, 15) is 0 Å². The van der Waals surface area contributed by atoms with E-state index in [0.717, 1.165) is 11.4 Å². The minimum atomic E-state index is 0.0304.